The van der Waals surface area contributed by atoms with Crippen molar-refractivity contribution in [3.8, 4) is 5.75 Å². The van der Waals surface area contributed by atoms with Crippen LogP contribution in [0.1, 0.15) is 11.1 Å². The summed E-state index contributed by atoms with van der Waals surface area (Å²) in [5, 5.41) is 11.8. The van der Waals surface area contributed by atoms with Gasteiger partial charge in [0, 0.05) is 0 Å². The number of hydrogen-bond acceptors (Lipinski definition) is 5. The first-order chi connectivity index (χ1) is 11.6. The van der Waals surface area contributed by atoms with Crippen LogP contribution in [0.5, 0.6) is 5.75 Å². The van der Waals surface area contributed by atoms with E-state index in [0.29, 0.717) is 5.56 Å². The molecule has 0 heterocycles. The van der Waals surface area contributed by atoms with Gasteiger partial charge in [-0.1, -0.05) is 42.5 Å². The summed E-state index contributed by atoms with van der Waals surface area (Å²) in [7, 11) is 1.20. The molecule has 0 aliphatic rings. The summed E-state index contributed by atoms with van der Waals surface area (Å²) < 4.78 is 9.71. The maximum Gasteiger partial charge on any atom is 0.412 e. The summed E-state index contributed by atoms with van der Waals surface area (Å²) in [6, 6.07) is 15.4. The van der Waals surface area contributed by atoms with E-state index < -0.39 is 12.1 Å². The van der Waals surface area contributed by atoms with Crippen molar-refractivity contribution in [2.75, 3.05) is 7.11 Å². The van der Waals surface area contributed by atoms with Crippen LogP contribution in [0.25, 0.3) is 6.08 Å². The average Bonchev–Trinajstić information content (AvgIpc) is 2.59. The molecule has 0 fully saturated rings. The van der Waals surface area contributed by atoms with Gasteiger partial charge in [0.25, 0.3) is 0 Å². The molecule has 0 bridgehead atoms. The minimum Gasteiger partial charge on any atom is -0.508 e. The second-order valence-corrected chi connectivity index (χ2v) is 4.83. The number of rotatable bonds is 5. The Hall–Kier alpha value is -3.28. The zero-order valence-corrected chi connectivity index (χ0v) is 13.1. The van der Waals surface area contributed by atoms with Gasteiger partial charge in [-0.3, -0.25) is 5.32 Å². The SMILES string of the molecule is COC(=O)/C(=C/c1cccc(O)c1)NC(=O)OCc1ccccc1. The van der Waals surface area contributed by atoms with Crippen LogP contribution >= 0.6 is 0 Å². The van der Waals surface area contributed by atoms with Gasteiger partial charge in [0.2, 0.25) is 0 Å². The minimum absolute atomic E-state index is 0.0413. The van der Waals surface area contributed by atoms with Crippen LogP contribution in [0.4, 0.5) is 4.79 Å². The molecule has 2 aromatic rings. The molecule has 6 heteroatoms. The van der Waals surface area contributed by atoms with Crippen molar-refractivity contribution in [1.29, 1.82) is 0 Å². The first kappa shape index (κ1) is 17.1. The van der Waals surface area contributed by atoms with Gasteiger partial charge < -0.3 is 14.6 Å². The Balaban J connectivity index is 2.05. The summed E-state index contributed by atoms with van der Waals surface area (Å²) in [6.07, 6.45) is 0.602. The fourth-order valence-corrected chi connectivity index (χ4v) is 1.91. The highest BCUT2D eigenvalue weighted by atomic mass is 16.6. The number of nitrogens with one attached hydrogen (secondary N) is 1. The first-order valence-corrected chi connectivity index (χ1v) is 7.15. The molecular formula is C18H17NO5. The highest BCUT2D eigenvalue weighted by Crippen LogP contribution is 2.14. The summed E-state index contributed by atoms with van der Waals surface area (Å²) in [4.78, 5) is 23.7. The number of methoxy groups -OCH3 is 1. The molecule has 0 atom stereocenters. The quantitative estimate of drug-likeness (QED) is 0.651. The number of aromatic hydroxyl groups is 1. The normalized spacial score (nSPS) is 10.8. The van der Waals surface area contributed by atoms with E-state index in [1.165, 1.54) is 25.3 Å². The van der Waals surface area contributed by atoms with Crippen LogP contribution in [0, 0.1) is 0 Å². The Morgan fingerprint density at radius 3 is 2.54 bits per heavy atom. The molecule has 2 N–H and O–H groups in total. The van der Waals surface area contributed by atoms with Crippen LogP contribution in [0.3, 0.4) is 0 Å². The molecule has 0 aliphatic carbocycles. The van der Waals surface area contributed by atoms with E-state index in [2.05, 4.69) is 10.1 Å². The molecule has 124 valence electrons. The number of carbonyl (C=O) groups is 2. The predicted octanol–water partition coefficient (Wildman–Crippen LogP) is 2.83. The standard InChI is InChI=1S/C18H17NO5/c1-23-17(21)16(11-14-8-5-9-15(20)10-14)19-18(22)24-12-13-6-3-2-4-7-13/h2-11,20H,12H2,1H3,(H,19,22)/b16-11-. The van der Waals surface area contributed by atoms with Gasteiger partial charge in [0.1, 0.15) is 18.1 Å². The van der Waals surface area contributed by atoms with E-state index in [-0.39, 0.29) is 18.1 Å². The Labute approximate surface area is 139 Å². The van der Waals surface area contributed by atoms with Crippen molar-refractivity contribution < 1.29 is 24.2 Å². The van der Waals surface area contributed by atoms with E-state index >= 15 is 0 Å². The molecule has 0 unspecified atom stereocenters. The van der Waals surface area contributed by atoms with Crippen LogP contribution in [0.2, 0.25) is 0 Å². The van der Waals surface area contributed by atoms with Crippen molar-refractivity contribution in [2.24, 2.45) is 0 Å². The monoisotopic (exact) mass is 327 g/mol. The van der Waals surface area contributed by atoms with Crippen LogP contribution < -0.4 is 5.32 Å². The van der Waals surface area contributed by atoms with Crippen molar-refractivity contribution in [1.82, 2.24) is 5.32 Å². The number of hydrogen-bond donors (Lipinski definition) is 2. The molecule has 2 rings (SSSR count). The molecule has 2 aromatic carbocycles. The number of benzene rings is 2. The Morgan fingerprint density at radius 1 is 1.12 bits per heavy atom. The third-order valence-electron chi connectivity index (χ3n) is 3.04. The molecular weight excluding hydrogens is 310 g/mol. The third kappa shape index (κ3) is 5.17. The second-order valence-electron chi connectivity index (χ2n) is 4.83. The van der Waals surface area contributed by atoms with Crippen molar-refractivity contribution >= 4 is 18.1 Å². The lowest BCUT2D eigenvalue weighted by molar-refractivity contribution is -0.136. The fourth-order valence-electron chi connectivity index (χ4n) is 1.91. The lowest BCUT2D eigenvalue weighted by atomic mass is 10.2. The lowest BCUT2D eigenvalue weighted by Gasteiger charge is -2.09. The molecule has 1 amide bonds. The van der Waals surface area contributed by atoms with Gasteiger partial charge in [-0.2, -0.15) is 0 Å². The van der Waals surface area contributed by atoms with E-state index in [1.807, 2.05) is 30.3 Å². The van der Waals surface area contributed by atoms with Gasteiger partial charge in [0.05, 0.1) is 7.11 Å². The van der Waals surface area contributed by atoms with Gasteiger partial charge in [-0.05, 0) is 29.3 Å². The van der Waals surface area contributed by atoms with Crippen LogP contribution in [-0.4, -0.2) is 24.3 Å². The number of ether oxygens (including phenoxy) is 2. The van der Waals surface area contributed by atoms with Gasteiger partial charge in [0.15, 0.2) is 0 Å². The first-order valence-electron chi connectivity index (χ1n) is 7.15. The number of amides is 1. The second kappa shape index (κ2) is 8.38. The highest BCUT2D eigenvalue weighted by molar-refractivity contribution is 5.96. The van der Waals surface area contributed by atoms with E-state index in [0.717, 1.165) is 5.56 Å². The van der Waals surface area contributed by atoms with E-state index in [4.69, 9.17) is 4.74 Å². The van der Waals surface area contributed by atoms with E-state index in [1.54, 1.807) is 12.1 Å². The molecule has 0 spiro atoms. The smallest absolute Gasteiger partial charge is 0.412 e. The maximum absolute atomic E-state index is 11.9. The third-order valence-corrected chi connectivity index (χ3v) is 3.04. The molecule has 0 radical (unpaired) electrons. The van der Waals surface area contributed by atoms with Gasteiger partial charge >= 0.3 is 12.1 Å². The lowest BCUT2D eigenvalue weighted by Crippen LogP contribution is -2.28. The number of carbonyl (C=O) groups excluding carboxylic acids is 2. The fraction of sp³-hybridized carbons (Fsp3) is 0.111. The Kier molecular flexibility index (Phi) is 5.96. The van der Waals surface area contributed by atoms with E-state index in [9.17, 15) is 14.7 Å². The molecule has 0 saturated heterocycles. The van der Waals surface area contributed by atoms with Gasteiger partial charge in [-0.25, -0.2) is 9.59 Å². The summed E-state index contributed by atoms with van der Waals surface area (Å²) in [5.74, 6) is -0.686. The van der Waals surface area contributed by atoms with Crippen molar-refractivity contribution in [3.05, 3.63) is 71.4 Å². The average molecular weight is 327 g/mol. The molecule has 24 heavy (non-hydrogen) atoms. The summed E-state index contributed by atoms with van der Waals surface area (Å²) >= 11 is 0. The Bertz CT molecular complexity index is 740. The van der Waals surface area contributed by atoms with Crippen LogP contribution in [0.15, 0.2) is 60.3 Å². The molecule has 0 aliphatic heterocycles. The Morgan fingerprint density at radius 2 is 1.88 bits per heavy atom. The summed E-state index contributed by atoms with van der Waals surface area (Å²) in [5.41, 5.74) is 1.25. The van der Waals surface area contributed by atoms with Crippen molar-refractivity contribution in [3.63, 3.8) is 0 Å². The topological polar surface area (TPSA) is 84.9 Å². The number of phenols is 1. The largest absolute Gasteiger partial charge is 0.508 e. The number of esters is 1. The summed E-state index contributed by atoms with van der Waals surface area (Å²) in [6.45, 7) is 0.0766. The van der Waals surface area contributed by atoms with Crippen molar-refractivity contribution in [2.45, 2.75) is 6.61 Å². The number of phenolic OH excluding ortho intramolecular Hbond substituents is 1. The zero-order valence-electron chi connectivity index (χ0n) is 13.1. The predicted molar refractivity (Wildman–Crippen MR) is 87.9 cm³/mol. The van der Waals surface area contributed by atoms with Gasteiger partial charge in [-0.15, -0.1) is 0 Å². The zero-order chi connectivity index (χ0) is 17.4. The van der Waals surface area contributed by atoms with Crippen LogP contribution in [-0.2, 0) is 20.9 Å². The molecule has 0 aromatic heterocycles. The maximum atomic E-state index is 11.9. The minimum atomic E-state index is -0.782. The molecule has 0 saturated carbocycles. The number of alkyl carbamates (subject to hydrolysis) is 1. The highest BCUT2D eigenvalue weighted by Gasteiger charge is 2.14. The molecule has 6 nitrogen and oxygen atoms in total.